The molecule has 2 atom stereocenters. The largest absolute Gasteiger partial charge is 0.481 e. The van der Waals surface area contributed by atoms with Crippen molar-refractivity contribution >= 4 is 5.97 Å². The second-order valence-corrected chi connectivity index (χ2v) is 4.40. The van der Waals surface area contributed by atoms with Gasteiger partial charge in [-0.1, -0.05) is 13.0 Å². The lowest BCUT2D eigenvalue weighted by molar-refractivity contribution is -0.140. The quantitative estimate of drug-likeness (QED) is 0.905. The third-order valence-corrected chi connectivity index (χ3v) is 3.34. The minimum absolute atomic E-state index is 0.0177. The van der Waals surface area contributed by atoms with Crippen molar-refractivity contribution in [3.8, 4) is 5.75 Å². The average Bonchev–Trinajstić information content (AvgIpc) is 2.90. The molecule has 0 amide bonds. The lowest BCUT2D eigenvalue weighted by atomic mass is 9.93. The molecule has 18 heavy (non-hydrogen) atoms. The van der Waals surface area contributed by atoms with Crippen molar-refractivity contribution in [2.24, 2.45) is 5.92 Å². The summed E-state index contributed by atoms with van der Waals surface area (Å²) in [5, 5.41) is 9.15. The Labute approximate surface area is 101 Å². The van der Waals surface area contributed by atoms with E-state index in [-0.39, 0.29) is 17.2 Å². The third kappa shape index (κ3) is 1.91. The smallest absolute Gasteiger partial charge is 0.387 e. The molecule has 1 fully saturated rings. The van der Waals surface area contributed by atoms with Gasteiger partial charge in [0, 0.05) is 11.6 Å². The van der Waals surface area contributed by atoms with Gasteiger partial charge in [-0.3, -0.25) is 4.79 Å². The molecule has 0 saturated heterocycles. The van der Waals surface area contributed by atoms with Crippen LogP contribution in [0.15, 0.2) is 18.2 Å². The first kappa shape index (κ1) is 12.7. The minimum atomic E-state index is -3.04. The maximum absolute atomic E-state index is 13.8. The molecule has 1 aliphatic rings. The summed E-state index contributed by atoms with van der Waals surface area (Å²) in [4.78, 5) is 11.2. The summed E-state index contributed by atoms with van der Waals surface area (Å²) in [6.07, 6.45) is 0.342. The molecule has 0 bridgehead atoms. The van der Waals surface area contributed by atoms with E-state index in [9.17, 15) is 18.0 Å². The van der Waals surface area contributed by atoms with Crippen LogP contribution >= 0.6 is 0 Å². The van der Waals surface area contributed by atoms with Crippen LogP contribution in [0.25, 0.3) is 0 Å². The standard InChI is InChI=1S/C12H11F3O3/c1-6-5-12(6,10(16)17)8-3-2-7(4-9(8)13)18-11(14)15/h2-4,6,11H,5H2,1H3,(H,16,17). The molecule has 0 spiro atoms. The van der Waals surface area contributed by atoms with Crippen molar-refractivity contribution in [2.45, 2.75) is 25.4 Å². The fourth-order valence-electron chi connectivity index (χ4n) is 2.25. The van der Waals surface area contributed by atoms with Crippen molar-refractivity contribution in [1.29, 1.82) is 0 Å². The van der Waals surface area contributed by atoms with E-state index >= 15 is 0 Å². The lowest BCUT2D eigenvalue weighted by Gasteiger charge is -2.14. The van der Waals surface area contributed by atoms with Gasteiger partial charge in [-0.2, -0.15) is 8.78 Å². The number of carboxylic acids is 1. The van der Waals surface area contributed by atoms with Gasteiger partial charge < -0.3 is 9.84 Å². The molecule has 1 N–H and O–H groups in total. The molecular weight excluding hydrogens is 249 g/mol. The van der Waals surface area contributed by atoms with Gasteiger partial charge in [0.25, 0.3) is 0 Å². The molecular formula is C12H11F3O3. The molecule has 1 aromatic carbocycles. The second kappa shape index (κ2) is 4.19. The first-order valence-electron chi connectivity index (χ1n) is 5.36. The van der Waals surface area contributed by atoms with Crippen LogP contribution in [0.1, 0.15) is 18.9 Å². The van der Waals surface area contributed by atoms with E-state index in [2.05, 4.69) is 4.74 Å². The number of carbonyl (C=O) groups is 1. The van der Waals surface area contributed by atoms with Gasteiger partial charge in [-0.25, -0.2) is 4.39 Å². The van der Waals surface area contributed by atoms with Gasteiger partial charge in [-0.05, 0) is 18.4 Å². The zero-order chi connectivity index (χ0) is 13.5. The molecule has 0 radical (unpaired) electrons. The topological polar surface area (TPSA) is 46.5 Å². The van der Waals surface area contributed by atoms with E-state index in [0.717, 1.165) is 12.1 Å². The Morgan fingerprint density at radius 3 is 2.56 bits per heavy atom. The summed E-state index contributed by atoms with van der Waals surface area (Å²) in [7, 11) is 0. The van der Waals surface area contributed by atoms with Gasteiger partial charge in [0.1, 0.15) is 11.6 Å². The Morgan fingerprint density at radius 2 is 2.17 bits per heavy atom. The van der Waals surface area contributed by atoms with Gasteiger partial charge in [0.05, 0.1) is 5.41 Å². The number of ether oxygens (including phenoxy) is 1. The van der Waals surface area contributed by atoms with Crippen molar-refractivity contribution in [3.63, 3.8) is 0 Å². The summed E-state index contributed by atoms with van der Waals surface area (Å²) < 4.78 is 41.7. The molecule has 98 valence electrons. The SMILES string of the molecule is CC1CC1(C(=O)O)c1ccc(OC(F)F)cc1F. The zero-order valence-corrected chi connectivity index (χ0v) is 9.49. The highest BCUT2D eigenvalue weighted by molar-refractivity contribution is 5.85. The van der Waals surface area contributed by atoms with Crippen molar-refractivity contribution in [3.05, 3.63) is 29.6 Å². The normalized spacial score (nSPS) is 26.2. The Hall–Kier alpha value is -1.72. The van der Waals surface area contributed by atoms with E-state index in [1.807, 2.05) is 0 Å². The van der Waals surface area contributed by atoms with Gasteiger partial charge in [-0.15, -0.1) is 0 Å². The molecule has 2 unspecified atom stereocenters. The molecule has 1 aromatic rings. The summed E-state index contributed by atoms with van der Waals surface area (Å²) in [6.45, 7) is -1.33. The number of hydrogen-bond donors (Lipinski definition) is 1. The summed E-state index contributed by atoms with van der Waals surface area (Å²) in [5.74, 6) is -2.43. The van der Waals surface area contributed by atoms with Crippen LogP contribution in [0.4, 0.5) is 13.2 Å². The predicted molar refractivity (Wildman–Crippen MR) is 56.1 cm³/mol. The number of carboxylic acid groups (broad SMARTS) is 1. The Kier molecular flexibility index (Phi) is 2.96. The first-order valence-corrected chi connectivity index (χ1v) is 5.36. The fourth-order valence-corrected chi connectivity index (χ4v) is 2.25. The van der Waals surface area contributed by atoms with Crippen LogP contribution in [0, 0.1) is 11.7 Å². The molecule has 0 aromatic heterocycles. The van der Waals surface area contributed by atoms with Gasteiger partial charge in [0.2, 0.25) is 0 Å². The number of rotatable bonds is 4. The van der Waals surface area contributed by atoms with Crippen LogP contribution in [0.2, 0.25) is 0 Å². The number of alkyl halides is 2. The van der Waals surface area contributed by atoms with Crippen LogP contribution < -0.4 is 4.74 Å². The highest BCUT2D eigenvalue weighted by atomic mass is 19.3. The molecule has 1 aliphatic carbocycles. The van der Waals surface area contributed by atoms with Crippen molar-refractivity contribution in [1.82, 2.24) is 0 Å². The first-order chi connectivity index (χ1) is 8.37. The highest BCUT2D eigenvalue weighted by Gasteiger charge is 2.60. The second-order valence-electron chi connectivity index (χ2n) is 4.40. The molecule has 0 heterocycles. The van der Waals surface area contributed by atoms with Crippen LogP contribution in [0.3, 0.4) is 0 Å². The van der Waals surface area contributed by atoms with Gasteiger partial charge in [0.15, 0.2) is 0 Å². The van der Waals surface area contributed by atoms with Crippen molar-refractivity contribution in [2.75, 3.05) is 0 Å². The third-order valence-electron chi connectivity index (χ3n) is 3.34. The average molecular weight is 260 g/mol. The lowest BCUT2D eigenvalue weighted by Crippen LogP contribution is -2.23. The minimum Gasteiger partial charge on any atom is -0.481 e. The molecule has 0 aliphatic heterocycles. The Morgan fingerprint density at radius 1 is 1.56 bits per heavy atom. The van der Waals surface area contributed by atoms with E-state index < -0.39 is 23.8 Å². The predicted octanol–water partition coefficient (Wildman–Crippen LogP) is 2.79. The van der Waals surface area contributed by atoms with Crippen LogP contribution in [0.5, 0.6) is 5.75 Å². The van der Waals surface area contributed by atoms with Crippen LogP contribution in [-0.4, -0.2) is 17.7 Å². The van der Waals surface area contributed by atoms with E-state index in [1.54, 1.807) is 6.92 Å². The summed E-state index contributed by atoms with van der Waals surface area (Å²) in [6, 6.07) is 3.14. The molecule has 3 nitrogen and oxygen atoms in total. The van der Waals surface area contributed by atoms with Crippen molar-refractivity contribution < 1.29 is 27.8 Å². The fraction of sp³-hybridized carbons (Fsp3) is 0.417. The Balaban J connectivity index is 2.34. The maximum Gasteiger partial charge on any atom is 0.387 e. The summed E-state index contributed by atoms with van der Waals surface area (Å²) >= 11 is 0. The van der Waals surface area contributed by atoms with E-state index in [1.165, 1.54) is 6.07 Å². The zero-order valence-electron chi connectivity index (χ0n) is 9.49. The van der Waals surface area contributed by atoms with E-state index in [0.29, 0.717) is 6.42 Å². The van der Waals surface area contributed by atoms with E-state index in [4.69, 9.17) is 5.11 Å². The Bertz CT molecular complexity index is 489. The monoisotopic (exact) mass is 260 g/mol. The maximum atomic E-state index is 13.8. The van der Waals surface area contributed by atoms with Gasteiger partial charge >= 0.3 is 12.6 Å². The summed E-state index contributed by atoms with van der Waals surface area (Å²) in [5.41, 5.74) is -1.21. The number of halogens is 3. The molecule has 1 saturated carbocycles. The number of benzene rings is 1. The molecule has 6 heteroatoms. The molecule has 2 rings (SSSR count). The highest BCUT2D eigenvalue weighted by Crippen LogP contribution is 2.55. The number of aliphatic carboxylic acids is 1. The number of hydrogen-bond acceptors (Lipinski definition) is 2. The van der Waals surface area contributed by atoms with Crippen LogP contribution in [-0.2, 0) is 10.2 Å².